The zero-order chi connectivity index (χ0) is 18.9. The number of piperidine rings is 1. The molecule has 0 aliphatic carbocycles. The van der Waals surface area contributed by atoms with E-state index < -0.39 is 11.7 Å². The number of aliphatic hydroxyl groups excluding tert-OH is 1. The fraction of sp³-hybridized carbons (Fsp3) is 0.476. The van der Waals surface area contributed by atoms with Gasteiger partial charge >= 0.3 is 0 Å². The van der Waals surface area contributed by atoms with E-state index in [2.05, 4.69) is 10.2 Å². The highest BCUT2D eigenvalue weighted by molar-refractivity contribution is 7.10. The van der Waals surface area contributed by atoms with Crippen molar-refractivity contribution >= 4 is 22.9 Å². The number of anilines is 1. The van der Waals surface area contributed by atoms with E-state index in [0.717, 1.165) is 47.6 Å². The summed E-state index contributed by atoms with van der Waals surface area (Å²) in [6.45, 7) is 2.10. The SMILES string of the molecule is O=C1CCCc2cc(C(O)CN3CCC(O)(c4cccs4)CC3)ccc2N1. The maximum Gasteiger partial charge on any atom is 0.224 e. The van der Waals surface area contributed by atoms with Gasteiger partial charge in [0.25, 0.3) is 0 Å². The lowest BCUT2D eigenvalue weighted by Crippen LogP contribution is -2.43. The zero-order valence-electron chi connectivity index (χ0n) is 15.4. The van der Waals surface area contributed by atoms with Gasteiger partial charge in [-0.15, -0.1) is 11.3 Å². The number of aliphatic hydroxyl groups is 2. The van der Waals surface area contributed by atoms with Gasteiger partial charge < -0.3 is 20.4 Å². The smallest absolute Gasteiger partial charge is 0.224 e. The first-order valence-electron chi connectivity index (χ1n) is 9.63. The molecule has 1 fully saturated rings. The van der Waals surface area contributed by atoms with E-state index in [4.69, 9.17) is 0 Å². The Morgan fingerprint density at radius 3 is 2.78 bits per heavy atom. The molecule has 6 heteroatoms. The summed E-state index contributed by atoms with van der Waals surface area (Å²) in [4.78, 5) is 14.9. The zero-order valence-corrected chi connectivity index (χ0v) is 16.2. The number of nitrogens with zero attached hydrogens (tertiary/aromatic N) is 1. The second kappa shape index (κ2) is 7.72. The van der Waals surface area contributed by atoms with Gasteiger partial charge in [0.1, 0.15) is 5.60 Å². The number of hydrogen-bond donors (Lipinski definition) is 3. The Hall–Kier alpha value is -1.73. The molecule has 1 atom stereocenters. The number of benzene rings is 1. The summed E-state index contributed by atoms with van der Waals surface area (Å²) < 4.78 is 0. The van der Waals surface area contributed by atoms with Crippen molar-refractivity contribution in [1.82, 2.24) is 4.90 Å². The van der Waals surface area contributed by atoms with Crippen LogP contribution in [-0.4, -0.2) is 40.7 Å². The van der Waals surface area contributed by atoms with Crippen LogP contribution in [0.5, 0.6) is 0 Å². The van der Waals surface area contributed by atoms with E-state index >= 15 is 0 Å². The van der Waals surface area contributed by atoms with Crippen molar-refractivity contribution in [3.8, 4) is 0 Å². The third kappa shape index (κ3) is 4.09. The number of fused-ring (bicyclic) bond motifs is 1. The molecule has 27 heavy (non-hydrogen) atoms. The maximum absolute atomic E-state index is 11.7. The minimum Gasteiger partial charge on any atom is -0.387 e. The lowest BCUT2D eigenvalue weighted by molar-refractivity contribution is -0.116. The molecule has 0 radical (unpaired) electrons. The molecule has 2 aromatic rings. The van der Waals surface area contributed by atoms with Gasteiger partial charge in [-0.3, -0.25) is 4.79 Å². The molecule has 4 rings (SSSR count). The van der Waals surface area contributed by atoms with Gasteiger partial charge in [0.2, 0.25) is 5.91 Å². The summed E-state index contributed by atoms with van der Waals surface area (Å²) in [5.74, 6) is 0.0635. The molecule has 2 aliphatic heterocycles. The lowest BCUT2D eigenvalue weighted by Gasteiger charge is -2.38. The van der Waals surface area contributed by atoms with Gasteiger partial charge in [0.15, 0.2) is 0 Å². The number of thiophene rings is 1. The monoisotopic (exact) mass is 386 g/mol. The third-order valence-electron chi connectivity index (χ3n) is 5.73. The largest absolute Gasteiger partial charge is 0.387 e. The highest BCUT2D eigenvalue weighted by Gasteiger charge is 2.35. The molecular weight excluding hydrogens is 360 g/mol. The number of likely N-dealkylation sites (tertiary alicyclic amines) is 1. The quantitative estimate of drug-likeness (QED) is 0.755. The van der Waals surface area contributed by atoms with Crippen LogP contribution in [0.4, 0.5) is 5.69 Å². The number of β-amino-alcohol motifs (C(OH)–C–C–N with tert-alkyl or cyclic N) is 1. The molecule has 144 valence electrons. The molecule has 3 heterocycles. The number of hydrogen-bond acceptors (Lipinski definition) is 5. The molecule has 0 bridgehead atoms. The normalized spacial score (nSPS) is 21.2. The average Bonchev–Trinajstić information content (AvgIpc) is 3.14. The number of aryl methyl sites for hydroxylation is 1. The fourth-order valence-electron chi connectivity index (χ4n) is 4.05. The number of amides is 1. The van der Waals surface area contributed by atoms with Crippen molar-refractivity contribution in [2.45, 2.75) is 43.8 Å². The Morgan fingerprint density at radius 2 is 2.04 bits per heavy atom. The summed E-state index contributed by atoms with van der Waals surface area (Å²) in [5, 5.41) is 26.5. The summed E-state index contributed by atoms with van der Waals surface area (Å²) >= 11 is 1.61. The topological polar surface area (TPSA) is 72.8 Å². The molecule has 1 saturated heterocycles. The van der Waals surface area contributed by atoms with Crippen LogP contribution in [0.3, 0.4) is 0 Å². The summed E-state index contributed by atoms with van der Waals surface area (Å²) in [5.41, 5.74) is 2.14. The van der Waals surface area contributed by atoms with Crippen LogP contribution in [0.2, 0.25) is 0 Å². The molecule has 0 spiro atoms. The van der Waals surface area contributed by atoms with E-state index in [0.29, 0.717) is 25.8 Å². The van der Waals surface area contributed by atoms with Crippen LogP contribution < -0.4 is 5.32 Å². The molecule has 1 aromatic carbocycles. The number of rotatable bonds is 4. The van der Waals surface area contributed by atoms with E-state index in [1.807, 2.05) is 35.7 Å². The van der Waals surface area contributed by atoms with Crippen molar-refractivity contribution in [1.29, 1.82) is 0 Å². The Labute approximate surface area is 163 Å². The average molecular weight is 387 g/mol. The van der Waals surface area contributed by atoms with Crippen LogP contribution in [0.1, 0.15) is 47.8 Å². The second-order valence-electron chi connectivity index (χ2n) is 7.64. The lowest BCUT2D eigenvalue weighted by atomic mass is 9.89. The van der Waals surface area contributed by atoms with Gasteiger partial charge in [-0.1, -0.05) is 18.2 Å². The predicted molar refractivity (Wildman–Crippen MR) is 107 cm³/mol. The first-order valence-corrected chi connectivity index (χ1v) is 10.5. The van der Waals surface area contributed by atoms with Crippen molar-refractivity contribution in [2.24, 2.45) is 0 Å². The molecule has 3 N–H and O–H groups in total. The number of carbonyl (C=O) groups is 1. The molecule has 0 saturated carbocycles. The fourth-order valence-corrected chi connectivity index (χ4v) is 4.93. The minimum absolute atomic E-state index is 0.0635. The van der Waals surface area contributed by atoms with Crippen LogP contribution in [0.15, 0.2) is 35.7 Å². The summed E-state index contributed by atoms with van der Waals surface area (Å²) in [6.07, 6.45) is 3.06. The Kier molecular flexibility index (Phi) is 5.32. The summed E-state index contributed by atoms with van der Waals surface area (Å²) in [6, 6.07) is 9.82. The molecule has 1 amide bonds. The van der Waals surface area contributed by atoms with Crippen molar-refractivity contribution in [3.63, 3.8) is 0 Å². The van der Waals surface area contributed by atoms with Crippen LogP contribution in [0, 0.1) is 0 Å². The highest BCUT2D eigenvalue weighted by Crippen LogP contribution is 2.36. The number of nitrogens with one attached hydrogen (secondary N) is 1. The van der Waals surface area contributed by atoms with Crippen LogP contribution in [-0.2, 0) is 16.8 Å². The van der Waals surface area contributed by atoms with Gasteiger partial charge in [-0.2, -0.15) is 0 Å². The highest BCUT2D eigenvalue weighted by atomic mass is 32.1. The first-order chi connectivity index (χ1) is 13.0. The Bertz CT molecular complexity index is 798. The van der Waals surface area contributed by atoms with E-state index in [-0.39, 0.29) is 5.91 Å². The van der Waals surface area contributed by atoms with Gasteiger partial charge in [0, 0.05) is 36.6 Å². The standard InChI is InChI=1S/C21H26N2O3S/c24-18(16-6-7-17-15(13-16)3-1-5-20(25)22-17)14-23-10-8-21(26,9-11-23)19-4-2-12-27-19/h2,4,6-7,12-13,18,24,26H,1,3,5,8-11,14H2,(H,22,25). The predicted octanol–water partition coefficient (Wildman–Crippen LogP) is 3.04. The molecular formula is C21H26N2O3S. The van der Waals surface area contributed by atoms with Gasteiger partial charge in [-0.05, 0) is 54.3 Å². The minimum atomic E-state index is -0.724. The van der Waals surface area contributed by atoms with Crippen molar-refractivity contribution in [2.75, 3.05) is 25.0 Å². The van der Waals surface area contributed by atoms with Crippen LogP contribution in [0.25, 0.3) is 0 Å². The van der Waals surface area contributed by atoms with Crippen molar-refractivity contribution in [3.05, 3.63) is 51.7 Å². The maximum atomic E-state index is 11.7. The molecule has 1 aromatic heterocycles. The van der Waals surface area contributed by atoms with E-state index in [9.17, 15) is 15.0 Å². The Morgan fingerprint density at radius 1 is 1.22 bits per heavy atom. The third-order valence-corrected chi connectivity index (χ3v) is 6.80. The van der Waals surface area contributed by atoms with Crippen LogP contribution >= 0.6 is 11.3 Å². The summed E-state index contributed by atoms with van der Waals surface area (Å²) in [7, 11) is 0. The first kappa shape index (κ1) is 18.6. The molecule has 2 aliphatic rings. The Balaban J connectivity index is 1.38. The molecule has 1 unspecified atom stereocenters. The number of carbonyl (C=O) groups excluding carboxylic acids is 1. The van der Waals surface area contributed by atoms with Gasteiger partial charge in [0.05, 0.1) is 6.10 Å². The molecule has 5 nitrogen and oxygen atoms in total. The van der Waals surface area contributed by atoms with Gasteiger partial charge in [-0.25, -0.2) is 0 Å². The second-order valence-corrected chi connectivity index (χ2v) is 8.59. The van der Waals surface area contributed by atoms with Crippen molar-refractivity contribution < 1.29 is 15.0 Å². The van der Waals surface area contributed by atoms with E-state index in [1.54, 1.807) is 11.3 Å². The van der Waals surface area contributed by atoms with E-state index in [1.165, 1.54) is 0 Å².